The molecular formula is C17H24N2O2. The molecule has 1 aliphatic heterocycles. The Hall–Kier alpha value is -1.71. The first-order valence-electron chi connectivity index (χ1n) is 8.04. The Morgan fingerprint density at radius 1 is 1.33 bits per heavy atom. The third-order valence-electron chi connectivity index (χ3n) is 4.86. The summed E-state index contributed by atoms with van der Waals surface area (Å²) < 4.78 is 5.09. The largest absolute Gasteiger partial charge is 0.462 e. The van der Waals surface area contributed by atoms with E-state index in [9.17, 15) is 4.79 Å². The Morgan fingerprint density at radius 3 is 2.95 bits per heavy atom. The first-order valence-corrected chi connectivity index (χ1v) is 8.04. The van der Waals surface area contributed by atoms with E-state index in [1.54, 1.807) is 6.07 Å². The highest BCUT2D eigenvalue weighted by Gasteiger charge is 2.36. The summed E-state index contributed by atoms with van der Waals surface area (Å²) in [6.07, 6.45) is 6.47. The maximum atomic E-state index is 11.9. The molecule has 1 saturated carbocycles. The molecule has 0 amide bonds. The lowest BCUT2D eigenvalue weighted by Crippen LogP contribution is -2.35. The Morgan fingerprint density at radius 2 is 2.14 bits per heavy atom. The fourth-order valence-electron chi connectivity index (χ4n) is 3.84. The van der Waals surface area contributed by atoms with Crippen LogP contribution in [0.1, 0.15) is 49.4 Å². The van der Waals surface area contributed by atoms with E-state index in [0.29, 0.717) is 18.2 Å². The molecule has 2 fully saturated rings. The molecule has 3 rings (SSSR count). The topological polar surface area (TPSA) is 55.6 Å². The third-order valence-corrected chi connectivity index (χ3v) is 4.86. The number of fused-ring (bicyclic) bond motifs is 1. The van der Waals surface area contributed by atoms with Gasteiger partial charge in [-0.25, -0.2) is 4.79 Å². The second-order valence-electron chi connectivity index (χ2n) is 6.09. The fraction of sp³-hybridized carbons (Fsp3) is 0.588. The van der Waals surface area contributed by atoms with Gasteiger partial charge in [0.15, 0.2) is 0 Å². The van der Waals surface area contributed by atoms with Gasteiger partial charge in [0.2, 0.25) is 0 Å². The Labute approximate surface area is 126 Å². The summed E-state index contributed by atoms with van der Waals surface area (Å²) in [5.41, 5.74) is 8.54. The van der Waals surface area contributed by atoms with E-state index in [-0.39, 0.29) is 5.97 Å². The van der Waals surface area contributed by atoms with E-state index in [0.717, 1.165) is 23.8 Å². The standard InChI is InChI=1S/C17H24N2O2/c1-2-21-17(20)13-7-8-14(18)16(11-13)19-10-9-12-5-3-4-6-15(12)19/h7-8,11-12,15H,2-6,9-10,18H2,1H3. The van der Waals surface area contributed by atoms with Gasteiger partial charge in [-0.3, -0.25) is 0 Å². The van der Waals surface area contributed by atoms with Crippen LogP contribution in [0.3, 0.4) is 0 Å². The van der Waals surface area contributed by atoms with E-state index in [4.69, 9.17) is 10.5 Å². The number of anilines is 2. The highest BCUT2D eigenvalue weighted by Crippen LogP contribution is 2.40. The molecule has 0 aromatic heterocycles. The van der Waals surface area contributed by atoms with Gasteiger partial charge in [-0.1, -0.05) is 12.8 Å². The normalized spacial score (nSPS) is 24.7. The molecule has 21 heavy (non-hydrogen) atoms. The van der Waals surface area contributed by atoms with Crippen LogP contribution in [-0.2, 0) is 4.74 Å². The molecule has 4 nitrogen and oxygen atoms in total. The molecule has 0 spiro atoms. The van der Waals surface area contributed by atoms with Gasteiger partial charge in [-0.15, -0.1) is 0 Å². The van der Waals surface area contributed by atoms with Crippen LogP contribution in [0.15, 0.2) is 18.2 Å². The van der Waals surface area contributed by atoms with Crippen molar-refractivity contribution in [3.05, 3.63) is 23.8 Å². The van der Waals surface area contributed by atoms with Crippen molar-refractivity contribution in [3.63, 3.8) is 0 Å². The molecule has 1 heterocycles. The summed E-state index contributed by atoms with van der Waals surface area (Å²) in [4.78, 5) is 14.3. The first kappa shape index (κ1) is 14.2. The van der Waals surface area contributed by atoms with Crippen molar-refractivity contribution in [2.45, 2.75) is 45.1 Å². The second-order valence-corrected chi connectivity index (χ2v) is 6.09. The van der Waals surface area contributed by atoms with E-state index >= 15 is 0 Å². The summed E-state index contributed by atoms with van der Waals surface area (Å²) in [5.74, 6) is 0.530. The number of nitrogen functional groups attached to an aromatic ring is 1. The second kappa shape index (κ2) is 5.96. The summed E-state index contributed by atoms with van der Waals surface area (Å²) in [7, 11) is 0. The zero-order valence-electron chi connectivity index (χ0n) is 12.7. The van der Waals surface area contributed by atoms with Gasteiger partial charge in [-0.05, 0) is 50.3 Å². The molecule has 2 atom stereocenters. The number of ether oxygens (including phenoxy) is 1. The van der Waals surface area contributed by atoms with Crippen LogP contribution in [-0.4, -0.2) is 25.2 Å². The van der Waals surface area contributed by atoms with Crippen LogP contribution in [0.25, 0.3) is 0 Å². The van der Waals surface area contributed by atoms with Crippen molar-refractivity contribution in [3.8, 4) is 0 Å². The van der Waals surface area contributed by atoms with Crippen molar-refractivity contribution >= 4 is 17.3 Å². The van der Waals surface area contributed by atoms with Crippen LogP contribution in [0.5, 0.6) is 0 Å². The van der Waals surface area contributed by atoms with Gasteiger partial charge in [0.05, 0.1) is 23.5 Å². The Bertz CT molecular complexity index is 530. The highest BCUT2D eigenvalue weighted by molar-refractivity contribution is 5.92. The number of hydrogen-bond acceptors (Lipinski definition) is 4. The van der Waals surface area contributed by atoms with Crippen molar-refractivity contribution < 1.29 is 9.53 Å². The van der Waals surface area contributed by atoms with Crippen molar-refractivity contribution in [2.75, 3.05) is 23.8 Å². The number of hydrogen-bond donors (Lipinski definition) is 1. The predicted octanol–water partition coefficient (Wildman–Crippen LogP) is 3.21. The molecule has 1 saturated heterocycles. The average molecular weight is 288 g/mol. The van der Waals surface area contributed by atoms with Crippen LogP contribution >= 0.6 is 0 Å². The minimum Gasteiger partial charge on any atom is -0.462 e. The lowest BCUT2D eigenvalue weighted by Gasteiger charge is -2.34. The summed E-state index contributed by atoms with van der Waals surface area (Å²) in [5, 5.41) is 0. The molecule has 2 aliphatic rings. The van der Waals surface area contributed by atoms with Crippen molar-refractivity contribution in [1.82, 2.24) is 0 Å². The molecule has 0 bridgehead atoms. The van der Waals surface area contributed by atoms with Gasteiger partial charge >= 0.3 is 5.97 Å². The molecule has 114 valence electrons. The minimum absolute atomic E-state index is 0.266. The number of carbonyl (C=O) groups excluding carboxylic acids is 1. The monoisotopic (exact) mass is 288 g/mol. The lowest BCUT2D eigenvalue weighted by atomic mass is 9.85. The lowest BCUT2D eigenvalue weighted by molar-refractivity contribution is 0.0526. The number of esters is 1. The van der Waals surface area contributed by atoms with E-state index < -0.39 is 0 Å². The maximum Gasteiger partial charge on any atom is 0.338 e. The molecule has 1 aromatic rings. The average Bonchev–Trinajstić information content (AvgIpc) is 2.92. The van der Waals surface area contributed by atoms with Crippen LogP contribution in [0.2, 0.25) is 0 Å². The van der Waals surface area contributed by atoms with Crippen LogP contribution in [0, 0.1) is 5.92 Å². The van der Waals surface area contributed by atoms with Gasteiger partial charge in [0.25, 0.3) is 0 Å². The van der Waals surface area contributed by atoms with Crippen molar-refractivity contribution in [1.29, 1.82) is 0 Å². The van der Waals surface area contributed by atoms with Gasteiger partial charge < -0.3 is 15.4 Å². The zero-order valence-corrected chi connectivity index (χ0v) is 12.7. The number of nitrogens with two attached hydrogens (primary N) is 1. The number of carbonyl (C=O) groups is 1. The fourth-order valence-corrected chi connectivity index (χ4v) is 3.84. The quantitative estimate of drug-likeness (QED) is 0.685. The van der Waals surface area contributed by atoms with Crippen LogP contribution < -0.4 is 10.6 Å². The zero-order chi connectivity index (χ0) is 14.8. The van der Waals surface area contributed by atoms with Gasteiger partial charge in [0.1, 0.15) is 0 Å². The van der Waals surface area contributed by atoms with Gasteiger partial charge in [0, 0.05) is 12.6 Å². The summed E-state index contributed by atoms with van der Waals surface area (Å²) in [6.45, 7) is 3.27. The molecular weight excluding hydrogens is 264 g/mol. The molecule has 4 heteroatoms. The SMILES string of the molecule is CCOC(=O)c1ccc(N)c(N2CCC3CCCCC32)c1. The molecule has 1 aliphatic carbocycles. The molecule has 2 N–H and O–H groups in total. The summed E-state index contributed by atoms with van der Waals surface area (Å²) >= 11 is 0. The van der Waals surface area contributed by atoms with E-state index in [2.05, 4.69) is 4.90 Å². The highest BCUT2D eigenvalue weighted by atomic mass is 16.5. The van der Waals surface area contributed by atoms with E-state index in [1.807, 2.05) is 19.1 Å². The maximum absolute atomic E-state index is 11.9. The molecule has 1 aromatic carbocycles. The Balaban J connectivity index is 1.87. The predicted molar refractivity (Wildman–Crippen MR) is 84.5 cm³/mol. The number of benzene rings is 1. The smallest absolute Gasteiger partial charge is 0.338 e. The van der Waals surface area contributed by atoms with Crippen LogP contribution in [0.4, 0.5) is 11.4 Å². The first-order chi connectivity index (χ1) is 10.2. The minimum atomic E-state index is -0.266. The number of rotatable bonds is 3. The van der Waals surface area contributed by atoms with Gasteiger partial charge in [-0.2, -0.15) is 0 Å². The Kier molecular flexibility index (Phi) is 4.04. The number of nitrogens with zero attached hydrogens (tertiary/aromatic N) is 1. The third kappa shape index (κ3) is 2.71. The van der Waals surface area contributed by atoms with E-state index in [1.165, 1.54) is 32.1 Å². The summed E-state index contributed by atoms with van der Waals surface area (Å²) in [6, 6.07) is 6.09. The molecule has 0 radical (unpaired) electrons. The van der Waals surface area contributed by atoms with Crippen molar-refractivity contribution in [2.24, 2.45) is 5.92 Å². The molecule has 2 unspecified atom stereocenters.